The van der Waals surface area contributed by atoms with Gasteiger partial charge in [0.25, 0.3) is 0 Å². The number of aromatic nitrogens is 2. The highest BCUT2D eigenvalue weighted by molar-refractivity contribution is 6.01. The van der Waals surface area contributed by atoms with Crippen LogP contribution in [0, 0.1) is 0 Å². The van der Waals surface area contributed by atoms with E-state index < -0.39 is 5.97 Å². The summed E-state index contributed by atoms with van der Waals surface area (Å²) in [6.45, 7) is 2.64. The van der Waals surface area contributed by atoms with Gasteiger partial charge in [-0.2, -0.15) is 0 Å². The quantitative estimate of drug-likeness (QED) is 0.857. The molecule has 0 amide bonds. The maximum absolute atomic E-state index is 11.3. The van der Waals surface area contributed by atoms with Crippen molar-refractivity contribution in [2.75, 3.05) is 0 Å². The van der Waals surface area contributed by atoms with Gasteiger partial charge in [0.15, 0.2) is 0 Å². The van der Waals surface area contributed by atoms with E-state index in [2.05, 4.69) is 9.55 Å². The van der Waals surface area contributed by atoms with Gasteiger partial charge in [-0.25, -0.2) is 9.78 Å². The van der Waals surface area contributed by atoms with E-state index in [4.69, 9.17) is 0 Å². The van der Waals surface area contributed by atoms with Crippen LogP contribution in [0.3, 0.4) is 0 Å². The molecule has 1 aliphatic rings. The summed E-state index contributed by atoms with van der Waals surface area (Å²) in [7, 11) is 0. The van der Waals surface area contributed by atoms with Crippen molar-refractivity contribution < 1.29 is 15.0 Å². The summed E-state index contributed by atoms with van der Waals surface area (Å²) in [4.78, 5) is 15.9. The molecule has 1 aromatic heterocycles. The number of para-hydroxylation sites is 1. The highest BCUT2D eigenvalue weighted by atomic mass is 16.4. The zero-order valence-corrected chi connectivity index (χ0v) is 12.1. The van der Waals surface area contributed by atoms with Crippen molar-refractivity contribution in [3.8, 4) is 0 Å². The van der Waals surface area contributed by atoms with Crippen LogP contribution in [0.1, 0.15) is 54.7 Å². The van der Waals surface area contributed by atoms with E-state index in [0.29, 0.717) is 24.4 Å². The number of carboxylic acids is 1. The Kier molecular flexibility index (Phi) is 3.68. The maximum Gasteiger partial charge on any atom is 0.337 e. The van der Waals surface area contributed by atoms with Crippen molar-refractivity contribution in [2.24, 2.45) is 0 Å². The Bertz CT molecular complexity index is 673. The van der Waals surface area contributed by atoms with Crippen LogP contribution in [0.2, 0.25) is 0 Å². The molecule has 0 bridgehead atoms. The summed E-state index contributed by atoms with van der Waals surface area (Å²) in [5.41, 5.74) is 1.68. The number of rotatable bonds is 6. The fraction of sp³-hybridized carbons (Fsp3) is 0.500. The van der Waals surface area contributed by atoms with Gasteiger partial charge in [0.2, 0.25) is 0 Å². The van der Waals surface area contributed by atoms with Crippen LogP contribution in [0.5, 0.6) is 0 Å². The van der Waals surface area contributed by atoms with Crippen LogP contribution in [-0.2, 0) is 6.54 Å². The van der Waals surface area contributed by atoms with Crippen LogP contribution in [-0.4, -0.2) is 31.8 Å². The lowest BCUT2D eigenvalue weighted by Crippen LogP contribution is -2.11. The highest BCUT2D eigenvalue weighted by Crippen LogP contribution is 2.41. The first-order valence-corrected chi connectivity index (χ1v) is 7.52. The molecule has 0 radical (unpaired) electrons. The van der Waals surface area contributed by atoms with Gasteiger partial charge in [0.05, 0.1) is 17.2 Å². The lowest BCUT2D eigenvalue weighted by molar-refractivity contribution is 0.0699. The zero-order chi connectivity index (χ0) is 15.0. The summed E-state index contributed by atoms with van der Waals surface area (Å²) in [6, 6.07) is 5.27. The molecule has 1 fully saturated rings. The minimum atomic E-state index is -0.943. The number of nitrogens with zero attached hydrogens (tertiary/aromatic N) is 2. The lowest BCUT2D eigenvalue weighted by Gasteiger charge is -2.11. The van der Waals surface area contributed by atoms with Crippen molar-refractivity contribution in [3.63, 3.8) is 0 Å². The van der Waals surface area contributed by atoms with Gasteiger partial charge < -0.3 is 14.8 Å². The van der Waals surface area contributed by atoms with Crippen LogP contribution >= 0.6 is 0 Å². The van der Waals surface area contributed by atoms with E-state index >= 15 is 0 Å². The first-order chi connectivity index (χ1) is 10.1. The zero-order valence-electron chi connectivity index (χ0n) is 12.1. The number of hydrogen-bond donors (Lipinski definition) is 2. The topological polar surface area (TPSA) is 75.3 Å². The van der Waals surface area contributed by atoms with Crippen LogP contribution in [0.4, 0.5) is 0 Å². The highest BCUT2D eigenvalue weighted by Gasteiger charge is 2.30. The molecule has 1 unspecified atom stereocenters. The molecule has 1 saturated carbocycles. The first-order valence-electron chi connectivity index (χ1n) is 7.52. The second-order valence-corrected chi connectivity index (χ2v) is 5.73. The number of fused-ring (bicyclic) bond motifs is 1. The lowest BCUT2D eigenvalue weighted by atomic mass is 10.1. The second-order valence-electron chi connectivity index (χ2n) is 5.73. The van der Waals surface area contributed by atoms with E-state index in [1.807, 2.05) is 13.0 Å². The number of aryl methyl sites for hydroxylation is 1. The molecule has 112 valence electrons. The van der Waals surface area contributed by atoms with Crippen LogP contribution in [0.25, 0.3) is 11.0 Å². The predicted molar refractivity (Wildman–Crippen MR) is 79.6 cm³/mol. The summed E-state index contributed by atoms with van der Waals surface area (Å²) < 4.78 is 2.10. The molecule has 1 atom stereocenters. The molecule has 2 N–H and O–H groups in total. The van der Waals surface area contributed by atoms with Crippen molar-refractivity contribution >= 4 is 17.0 Å². The molecule has 5 heteroatoms. The Morgan fingerprint density at radius 1 is 1.48 bits per heavy atom. The molecule has 1 aliphatic carbocycles. The van der Waals surface area contributed by atoms with Gasteiger partial charge in [-0.1, -0.05) is 13.0 Å². The molecule has 1 aromatic carbocycles. The fourth-order valence-electron chi connectivity index (χ4n) is 2.71. The van der Waals surface area contributed by atoms with E-state index in [1.54, 1.807) is 12.1 Å². The Labute approximate surface area is 123 Å². The second kappa shape index (κ2) is 5.48. The van der Waals surface area contributed by atoms with E-state index in [1.165, 1.54) is 0 Å². The number of aromatic carboxylic acids is 1. The van der Waals surface area contributed by atoms with Gasteiger partial charge in [-0.3, -0.25) is 0 Å². The normalized spacial score (nSPS) is 16.3. The number of carbonyl (C=O) groups is 1. The third-order valence-corrected chi connectivity index (χ3v) is 4.14. The Morgan fingerprint density at radius 2 is 2.24 bits per heavy atom. The number of aliphatic hydroxyl groups excluding tert-OH is 1. The van der Waals surface area contributed by atoms with Crippen LogP contribution in [0.15, 0.2) is 18.2 Å². The van der Waals surface area contributed by atoms with E-state index in [0.717, 1.165) is 30.6 Å². The SMILES string of the molecule is CCC(O)CCn1c(C2CC2)nc2c(C(=O)O)cccc21. The Balaban J connectivity index is 2.05. The number of imidazole rings is 1. The van der Waals surface area contributed by atoms with Crippen molar-refractivity contribution in [1.29, 1.82) is 0 Å². The number of hydrogen-bond acceptors (Lipinski definition) is 3. The summed E-state index contributed by atoms with van der Waals surface area (Å²) >= 11 is 0. The first kappa shape index (κ1) is 14.1. The number of benzene rings is 1. The van der Waals surface area contributed by atoms with Gasteiger partial charge in [0, 0.05) is 12.5 Å². The maximum atomic E-state index is 11.3. The standard InChI is InChI=1S/C16H20N2O3/c1-2-11(19)8-9-18-13-5-3-4-12(16(20)21)14(13)17-15(18)10-6-7-10/h3-5,10-11,19H,2,6-9H2,1H3,(H,20,21). The molecule has 0 aliphatic heterocycles. The van der Waals surface area contributed by atoms with E-state index in [9.17, 15) is 15.0 Å². The predicted octanol–water partition coefficient (Wildman–Crippen LogP) is 2.77. The van der Waals surface area contributed by atoms with E-state index in [-0.39, 0.29) is 11.7 Å². The average molecular weight is 288 g/mol. The molecular weight excluding hydrogens is 268 g/mol. The molecular formula is C16H20N2O3. The molecule has 21 heavy (non-hydrogen) atoms. The molecule has 5 nitrogen and oxygen atoms in total. The van der Waals surface area contributed by atoms with Crippen molar-refractivity contribution in [1.82, 2.24) is 9.55 Å². The monoisotopic (exact) mass is 288 g/mol. The minimum absolute atomic E-state index is 0.254. The molecule has 0 saturated heterocycles. The fourth-order valence-corrected chi connectivity index (χ4v) is 2.71. The average Bonchev–Trinajstić information content (AvgIpc) is 3.25. The van der Waals surface area contributed by atoms with Crippen LogP contribution < -0.4 is 0 Å². The van der Waals surface area contributed by atoms with Crippen molar-refractivity contribution in [2.45, 2.75) is 51.2 Å². The van der Waals surface area contributed by atoms with Gasteiger partial charge >= 0.3 is 5.97 Å². The molecule has 2 aromatic rings. The molecule has 0 spiro atoms. The third-order valence-electron chi connectivity index (χ3n) is 4.14. The minimum Gasteiger partial charge on any atom is -0.478 e. The Hall–Kier alpha value is -1.88. The number of carboxylic acid groups (broad SMARTS) is 1. The smallest absolute Gasteiger partial charge is 0.337 e. The largest absolute Gasteiger partial charge is 0.478 e. The van der Waals surface area contributed by atoms with Gasteiger partial charge in [-0.05, 0) is 37.8 Å². The van der Waals surface area contributed by atoms with Crippen molar-refractivity contribution in [3.05, 3.63) is 29.6 Å². The van der Waals surface area contributed by atoms with Gasteiger partial charge in [0.1, 0.15) is 11.3 Å². The molecule has 3 rings (SSSR count). The Morgan fingerprint density at radius 3 is 2.86 bits per heavy atom. The summed E-state index contributed by atoms with van der Waals surface area (Å²) in [5.74, 6) is 0.473. The third kappa shape index (κ3) is 2.65. The summed E-state index contributed by atoms with van der Waals surface area (Å²) in [5, 5.41) is 19.1. The molecule has 1 heterocycles. The summed E-state index contributed by atoms with van der Waals surface area (Å²) in [6.07, 6.45) is 3.30. The number of aliphatic hydroxyl groups is 1. The van der Waals surface area contributed by atoms with Gasteiger partial charge in [-0.15, -0.1) is 0 Å².